The van der Waals surface area contributed by atoms with E-state index >= 15 is 0 Å². The topological polar surface area (TPSA) is 86.7 Å². The third-order valence-electron chi connectivity index (χ3n) is 1.77. The Balaban J connectivity index is 2.21. The molecule has 0 bridgehead atoms. The lowest BCUT2D eigenvalue weighted by atomic mass is 10.3. The van der Waals surface area contributed by atoms with Gasteiger partial charge in [0.15, 0.2) is 5.82 Å². The van der Waals surface area contributed by atoms with Gasteiger partial charge in [-0.25, -0.2) is 14.6 Å². The summed E-state index contributed by atoms with van der Waals surface area (Å²) in [5, 5.41) is 14.1. The van der Waals surface area contributed by atoms with Gasteiger partial charge in [0.1, 0.15) is 12.7 Å². The van der Waals surface area contributed by atoms with E-state index in [1.807, 2.05) is 0 Å². The van der Waals surface area contributed by atoms with Gasteiger partial charge < -0.3 is 0 Å². The Morgan fingerprint density at radius 3 is 2.87 bits per heavy atom. The molecule has 0 amide bonds. The Bertz CT molecular complexity index is 450. The smallest absolute Gasteiger partial charge is 0.230 e. The van der Waals surface area contributed by atoms with Crippen LogP contribution < -0.4 is 0 Å². The number of nitro groups is 1. The highest BCUT2D eigenvalue weighted by Crippen LogP contribution is 2.04. The number of nitrogens with zero attached hydrogens (tertiary/aromatic N) is 5. The molecule has 0 aliphatic carbocycles. The third-order valence-corrected chi connectivity index (χ3v) is 1.77. The largest absolute Gasteiger partial charge is 0.264 e. The molecule has 2 aromatic heterocycles. The van der Waals surface area contributed by atoms with E-state index in [-0.39, 0.29) is 6.54 Å². The van der Waals surface area contributed by atoms with Crippen molar-refractivity contribution in [3.8, 4) is 5.82 Å². The van der Waals surface area contributed by atoms with E-state index in [0.717, 1.165) is 0 Å². The van der Waals surface area contributed by atoms with Crippen LogP contribution in [-0.2, 0) is 6.54 Å². The lowest BCUT2D eigenvalue weighted by molar-refractivity contribution is -0.496. The van der Waals surface area contributed by atoms with Gasteiger partial charge in [0.2, 0.25) is 6.54 Å². The van der Waals surface area contributed by atoms with Gasteiger partial charge in [0, 0.05) is 16.7 Å². The molecule has 0 fully saturated rings. The Labute approximate surface area is 84.6 Å². The molecule has 2 heterocycles. The van der Waals surface area contributed by atoms with Crippen molar-refractivity contribution in [1.29, 1.82) is 0 Å². The predicted molar refractivity (Wildman–Crippen MR) is 49.9 cm³/mol. The maximum Gasteiger partial charge on any atom is 0.230 e. The fourth-order valence-electron chi connectivity index (χ4n) is 1.12. The summed E-state index contributed by atoms with van der Waals surface area (Å²) < 4.78 is 1.48. The van der Waals surface area contributed by atoms with Crippen molar-refractivity contribution in [2.75, 3.05) is 0 Å². The van der Waals surface area contributed by atoms with E-state index in [2.05, 4.69) is 15.1 Å². The van der Waals surface area contributed by atoms with Gasteiger partial charge in [-0.1, -0.05) is 0 Å². The zero-order valence-corrected chi connectivity index (χ0v) is 7.65. The van der Waals surface area contributed by atoms with Crippen molar-refractivity contribution in [3.63, 3.8) is 0 Å². The molecule has 7 heteroatoms. The fraction of sp³-hybridized carbons (Fsp3) is 0.125. The summed E-state index contributed by atoms with van der Waals surface area (Å²) in [6.07, 6.45) is 4.36. The number of aromatic nitrogens is 4. The van der Waals surface area contributed by atoms with Gasteiger partial charge in [-0.3, -0.25) is 10.1 Å². The maximum atomic E-state index is 10.2. The molecule has 15 heavy (non-hydrogen) atoms. The van der Waals surface area contributed by atoms with Crippen LogP contribution in [0.1, 0.15) is 5.56 Å². The Kier molecular flexibility index (Phi) is 2.36. The highest BCUT2D eigenvalue weighted by Gasteiger charge is 2.03. The van der Waals surface area contributed by atoms with Gasteiger partial charge in [0.25, 0.3) is 0 Å². The zero-order valence-electron chi connectivity index (χ0n) is 7.65. The summed E-state index contributed by atoms with van der Waals surface area (Å²) in [4.78, 5) is 17.6. The first kappa shape index (κ1) is 9.25. The molecular formula is C8H7N5O2. The van der Waals surface area contributed by atoms with E-state index in [9.17, 15) is 10.1 Å². The quantitative estimate of drug-likeness (QED) is 0.536. The van der Waals surface area contributed by atoms with Crippen molar-refractivity contribution in [2.24, 2.45) is 0 Å². The molecule has 7 nitrogen and oxygen atoms in total. The predicted octanol–water partition coefficient (Wildman–Crippen LogP) is 0.439. The molecule has 0 aliphatic heterocycles. The SMILES string of the molecule is O=[N+]([O-])Cc1ccc(-n2cncn2)nc1. The average molecular weight is 205 g/mol. The second kappa shape index (κ2) is 3.82. The Morgan fingerprint density at radius 2 is 2.33 bits per heavy atom. The summed E-state index contributed by atoms with van der Waals surface area (Å²) in [7, 11) is 0. The maximum absolute atomic E-state index is 10.2. The van der Waals surface area contributed by atoms with E-state index in [4.69, 9.17) is 0 Å². The van der Waals surface area contributed by atoms with Gasteiger partial charge in [-0.05, 0) is 12.1 Å². The lowest BCUT2D eigenvalue weighted by Crippen LogP contribution is -2.01. The van der Waals surface area contributed by atoms with Crippen molar-refractivity contribution >= 4 is 0 Å². The first-order valence-corrected chi connectivity index (χ1v) is 4.17. The Morgan fingerprint density at radius 1 is 1.47 bits per heavy atom. The van der Waals surface area contributed by atoms with Crippen LogP contribution in [0.3, 0.4) is 0 Å². The molecule has 0 radical (unpaired) electrons. The minimum Gasteiger partial charge on any atom is -0.264 e. The average Bonchev–Trinajstić information content (AvgIpc) is 2.71. The number of rotatable bonds is 3. The number of hydrogen-bond acceptors (Lipinski definition) is 5. The molecule has 0 aromatic carbocycles. The van der Waals surface area contributed by atoms with Crippen LogP contribution in [0.2, 0.25) is 0 Å². The summed E-state index contributed by atoms with van der Waals surface area (Å²) in [5.74, 6) is 0.583. The highest BCUT2D eigenvalue weighted by atomic mass is 16.6. The molecule has 2 aromatic rings. The molecule has 0 aliphatic rings. The normalized spacial score (nSPS) is 10.1. The van der Waals surface area contributed by atoms with Gasteiger partial charge in [-0.15, -0.1) is 0 Å². The summed E-state index contributed by atoms with van der Waals surface area (Å²) >= 11 is 0. The second-order valence-electron chi connectivity index (χ2n) is 2.86. The van der Waals surface area contributed by atoms with Crippen molar-refractivity contribution in [2.45, 2.75) is 6.54 Å². The summed E-state index contributed by atoms with van der Waals surface area (Å²) in [6, 6.07) is 3.31. The minimum atomic E-state index is -0.397. The van der Waals surface area contributed by atoms with E-state index < -0.39 is 4.92 Å². The van der Waals surface area contributed by atoms with Gasteiger partial charge in [0.05, 0.1) is 0 Å². The van der Waals surface area contributed by atoms with Crippen LogP contribution in [0.4, 0.5) is 0 Å². The van der Waals surface area contributed by atoms with Crippen LogP contribution in [0.15, 0.2) is 31.0 Å². The molecule has 0 saturated heterocycles. The van der Waals surface area contributed by atoms with Crippen molar-refractivity contribution in [3.05, 3.63) is 46.7 Å². The van der Waals surface area contributed by atoms with E-state index in [1.54, 1.807) is 12.1 Å². The van der Waals surface area contributed by atoms with E-state index in [0.29, 0.717) is 11.4 Å². The van der Waals surface area contributed by atoms with Crippen LogP contribution in [0.25, 0.3) is 5.82 Å². The van der Waals surface area contributed by atoms with Crippen molar-refractivity contribution in [1.82, 2.24) is 19.7 Å². The summed E-state index contributed by atoms with van der Waals surface area (Å²) in [5.41, 5.74) is 0.559. The molecule has 2 rings (SSSR count). The molecular weight excluding hydrogens is 198 g/mol. The zero-order chi connectivity index (χ0) is 10.7. The Hall–Kier alpha value is -2.31. The minimum absolute atomic E-state index is 0.218. The van der Waals surface area contributed by atoms with Gasteiger partial charge >= 0.3 is 0 Å². The standard InChI is InChI=1S/C8H7N5O2/c14-13(15)4-7-1-2-8(10-3-7)12-6-9-5-11-12/h1-3,5-6H,4H2. The number of pyridine rings is 1. The first-order chi connectivity index (χ1) is 7.25. The molecule has 0 atom stereocenters. The molecule has 0 N–H and O–H groups in total. The lowest BCUT2D eigenvalue weighted by Gasteiger charge is -1.99. The number of hydrogen-bond donors (Lipinski definition) is 0. The first-order valence-electron chi connectivity index (χ1n) is 4.17. The van der Waals surface area contributed by atoms with E-state index in [1.165, 1.54) is 23.5 Å². The summed E-state index contributed by atoms with van der Waals surface area (Å²) in [6.45, 7) is -0.218. The molecule has 76 valence electrons. The fourth-order valence-corrected chi connectivity index (χ4v) is 1.12. The second-order valence-corrected chi connectivity index (χ2v) is 2.86. The van der Waals surface area contributed by atoms with Crippen molar-refractivity contribution < 1.29 is 4.92 Å². The van der Waals surface area contributed by atoms with Crippen LogP contribution in [0.5, 0.6) is 0 Å². The van der Waals surface area contributed by atoms with Crippen LogP contribution >= 0.6 is 0 Å². The molecule has 0 saturated carbocycles. The van der Waals surface area contributed by atoms with Gasteiger partial charge in [-0.2, -0.15) is 5.10 Å². The monoisotopic (exact) mass is 205 g/mol. The van der Waals surface area contributed by atoms with Crippen LogP contribution in [0, 0.1) is 10.1 Å². The molecule has 0 unspecified atom stereocenters. The third kappa shape index (κ3) is 2.13. The van der Waals surface area contributed by atoms with Crippen LogP contribution in [-0.4, -0.2) is 24.7 Å². The molecule has 0 spiro atoms. The highest BCUT2D eigenvalue weighted by molar-refractivity contribution is 5.23.